The lowest BCUT2D eigenvalue weighted by molar-refractivity contribution is -0.275. The Morgan fingerprint density at radius 1 is 0.833 bits per heavy atom. The van der Waals surface area contributed by atoms with E-state index in [4.69, 9.17) is 0 Å². The topological polar surface area (TPSA) is 9.23 Å². The van der Waals surface area contributed by atoms with Gasteiger partial charge in [-0.1, -0.05) is 71.1 Å². The highest BCUT2D eigenvalue weighted by Crippen LogP contribution is 2.38. The van der Waals surface area contributed by atoms with Gasteiger partial charge in [0.05, 0.1) is 0 Å². The number of benzene rings is 1. The molecule has 0 aliphatic heterocycles. The van der Waals surface area contributed by atoms with Gasteiger partial charge in [-0.3, -0.25) is 0 Å². The summed E-state index contributed by atoms with van der Waals surface area (Å²) in [5, 5.41) is 0. The molecule has 0 aromatic heterocycles. The minimum absolute atomic E-state index is 0.512. The molecule has 0 radical (unpaired) electrons. The summed E-state index contributed by atoms with van der Waals surface area (Å²) in [7, 11) is 0. The van der Waals surface area contributed by atoms with E-state index in [0.717, 1.165) is 42.2 Å². The van der Waals surface area contributed by atoms with Gasteiger partial charge in [-0.25, -0.2) is 4.39 Å². The Morgan fingerprint density at radius 3 is 2.17 bits per heavy atom. The fourth-order valence-corrected chi connectivity index (χ4v) is 5.42. The van der Waals surface area contributed by atoms with E-state index in [1.54, 1.807) is 0 Å². The fourth-order valence-electron chi connectivity index (χ4n) is 5.42. The molecule has 0 bridgehead atoms. The van der Waals surface area contributed by atoms with Crippen LogP contribution < -0.4 is 4.74 Å². The second-order valence-corrected chi connectivity index (χ2v) is 9.52. The number of halogens is 4. The molecule has 5 heteroatoms. The van der Waals surface area contributed by atoms with Gasteiger partial charge in [-0.05, 0) is 66.7 Å². The summed E-state index contributed by atoms with van der Waals surface area (Å²) in [6.45, 7) is 2.26. The van der Waals surface area contributed by atoms with Crippen LogP contribution in [0.3, 0.4) is 0 Å². The molecule has 0 spiro atoms. The molecule has 1 saturated carbocycles. The Labute approximate surface area is 178 Å². The molecule has 0 N–H and O–H groups in total. The smallest absolute Gasteiger partial charge is 0.403 e. The van der Waals surface area contributed by atoms with Crippen LogP contribution in [0.4, 0.5) is 17.6 Å². The molecule has 170 valence electrons. The van der Waals surface area contributed by atoms with Crippen molar-refractivity contribution >= 4 is 0 Å². The fraction of sp³-hybridized carbons (Fsp3) is 0.760. The summed E-state index contributed by atoms with van der Waals surface area (Å²) < 4.78 is 55.1. The van der Waals surface area contributed by atoms with Gasteiger partial charge in [-0.2, -0.15) is 0 Å². The van der Waals surface area contributed by atoms with Crippen molar-refractivity contribution in [1.29, 1.82) is 0 Å². The molecule has 1 unspecified atom stereocenters. The van der Waals surface area contributed by atoms with Crippen molar-refractivity contribution in [2.45, 2.75) is 103 Å². The highest BCUT2D eigenvalue weighted by molar-refractivity contribution is 5.39. The number of hydrogen-bond acceptors (Lipinski definition) is 1. The minimum atomic E-state index is -4.86. The van der Waals surface area contributed by atoms with E-state index < -0.39 is 17.9 Å². The summed E-state index contributed by atoms with van der Waals surface area (Å²) in [4.78, 5) is 0. The van der Waals surface area contributed by atoms with Crippen molar-refractivity contribution in [2.75, 3.05) is 0 Å². The maximum atomic E-state index is 14.1. The molecular formula is C25H36F4O. The first-order valence-electron chi connectivity index (χ1n) is 11.9. The zero-order valence-electron chi connectivity index (χ0n) is 18.2. The Balaban J connectivity index is 1.41. The van der Waals surface area contributed by atoms with Crippen molar-refractivity contribution in [3.8, 4) is 5.75 Å². The highest BCUT2D eigenvalue weighted by atomic mass is 19.4. The molecule has 1 aromatic rings. The van der Waals surface area contributed by atoms with E-state index in [0.29, 0.717) is 12.3 Å². The Bertz CT molecular complexity index is 662. The molecule has 2 aliphatic carbocycles. The van der Waals surface area contributed by atoms with Gasteiger partial charge in [0.2, 0.25) is 0 Å². The second kappa shape index (κ2) is 10.9. The average molecular weight is 429 g/mol. The maximum absolute atomic E-state index is 14.1. The van der Waals surface area contributed by atoms with E-state index >= 15 is 0 Å². The van der Waals surface area contributed by atoms with Crippen LogP contribution in [-0.4, -0.2) is 6.36 Å². The predicted octanol–water partition coefficient (Wildman–Crippen LogP) is 8.39. The molecule has 0 heterocycles. The molecule has 1 aromatic carbocycles. The van der Waals surface area contributed by atoms with E-state index in [9.17, 15) is 17.6 Å². The van der Waals surface area contributed by atoms with Crippen LogP contribution in [-0.2, 0) is 12.8 Å². The first-order chi connectivity index (χ1) is 14.3. The largest absolute Gasteiger partial charge is 0.573 e. The molecule has 1 atom stereocenters. The molecule has 1 fully saturated rings. The van der Waals surface area contributed by atoms with Gasteiger partial charge in [0.1, 0.15) is 0 Å². The number of unbranched alkanes of at least 4 members (excludes halogenated alkanes) is 3. The van der Waals surface area contributed by atoms with Crippen molar-refractivity contribution < 1.29 is 22.3 Å². The predicted molar refractivity (Wildman–Crippen MR) is 112 cm³/mol. The summed E-state index contributed by atoms with van der Waals surface area (Å²) in [6.07, 6.45) is 12.2. The third-order valence-electron chi connectivity index (χ3n) is 7.23. The van der Waals surface area contributed by atoms with E-state index in [1.165, 1.54) is 76.3 Å². The van der Waals surface area contributed by atoms with Gasteiger partial charge in [0, 0.05) is 0 Å². The van der Waals surface area contributed by atoms with E-state index in [2.05, 4.69) is 11.7 Å². The number of ether oxygens (including phenoxy) is 1. The standard InChI is InChI=1S/C25H36F4O/c1-2-3-4-5-6-18-7-9-19(10-8-18)11-12-20-13-14-21-17-24(30-25(27,28)29)23(26)16-22(21)15-20/h16-20H,2-15H2,1H3. The second-order valence-electron chi connectivity index (χ2n) is 9.52. The zero-order chi connectivity index (χ0) is 21.6. The first kappa shape index (κ1) is 23.4. The minimum Gasteiger partial charge on any atom is -0.403 e. The number of hydrogen-bond donors (Lipinski definition) is 0. The maximum Gasteiger partial charge on any atom is 0.573 e. The van der Waals surface area contributed by atoms with Gasteiger partial charge < -0.3 is 4.74 Å². The normalized spacial score (nSPS) is 24.5. The lowest BCUT2D eigenvalue weighted by Gasteiger charge is -2.31. The van der Waals surface area contributed by atoms with Crippen molar-refractivity contribution in [2.24, 2.45) is 17.8 Å². The Kier molecular flexibility index (Phi) is 8.47. The third kappa shape index (κ3) is 7.16. The molecule has 1 nitrogen and oxygen atoms in total. The van der Waals surface area contributed by atoms with Gasteiger partial charge in [-0.15, -0.1) is 13.2 Å². The zero-order valence-corrected chi connectivity index (χ0v) is 18.2. The summed E-state index contributed by atoms with van der Waals surface area (Å²) in [5.74, 6) is 0.640. The molecule has 0 amide bonds. The van der Waals surface area contributed by atoms with Crippen LogP contribution in [0.1, 0.15) is 95.1 Å². The number of fused-ring (bicyclic) bond motifs is 1. The van der Waals surface area contributed by atoms with Crippen molar-refractivity contribution in [3.05, 3.63) is 29.1 Å². The summed E-state index contributed by atoms with van der Waals surface area (Å²) >= 11 is 0. The SMILES string of the molecule is CCCCCCC1CCC(CCC2CCc3cc(OC(F)(F)F)c(F)cc3C2)CC1. The molecule has 0 saturated heterocycles. The van der Waals surface area contributed by atoms with Crippen LogP contribution in [0.15, 0.2) is 12.1 Å². The number of aryl methyl sites for hydroxylation is 1. The van der Waals surface area contributed by atoms with Gasteiger partial charge in [0.25, 0.3) is 0 Å². The Hall–Kier alpha value is -1.26. The quantitative estimate of drug-likeness (QED) is 0.283. The summed E-state index contributed by atoms with van der Waals surface area (Å²) in [6, 6.07) is 2.50. The molecule has 2 aliphatic rings. The molecular weight excluding hydrogens is 392 g/mol. The Morgan fingerprint density at radius 2 is 1.50 bits per heavy atom. The van der Waals surface area contributed by atoms with Crippen LogP contribution in [0, 0.1) is 23.6 Å². The lowest BCUT2D eigenvalue weighted by atomic mass is 9.75. The van der Waals surface area contributed by atoms with Crippen molar-refractivity contribution in [3.63, 3.8) is 0 Å². The monoisotopic (exact) mass is 428 g/mol. The van der Waals surface area contributed by atoms with E-state index in [1.807, 2.05) is 0 Å². The first-order valence-corrected chi connectivity index (χ1v) is 11.9. The third-order valence-corrected chi connectivity index (χ3v) is 7.23. The van der Waals surface area contributed by atoms with Gasteiger partial charge >= 0.3 is 6.36 Å². The van der Waals surface area contributed by atoms with Crippen LogP contribution in [0.25, 0.3) is 0 Å². The number of alkyl halides is 3. The molecule has 30 heavy (non-hydrogen) atoms. The molecule has 3 rings (SSSR count). The van der Waals surface area contributed by atoms with E-state index in [-0.39, 0.29) is 0 Å². The van der Waals surface area contributed by atoms with Crippen LogP contribution in [0.2, 0.25) is 0 Å². The van der Waals surface area contributed by atoms with Gasteiger partial charge in [0.15, 0.2) is 11.6 Å². The average Bonchev–Trinajstić information content (AvgIpc) is 2.70. The van der Waals surface area contributed by atoms with Crippen LogP contribution >= 0.6 is 0 Å². The lowest BCUT2D eigenvalue weighted by Crippen LogP contribution is -2.20. The summed E-state index contributed by atoms with van der Waals surface area (Å²) in [5.41, 5.74) is 1.66. The van der Waals surface area contributed by atoms with Crippen LogP contribution in [0.5, 0.6) is 5.75 Å². The number of rotatable bonds is 9. The highest BCUT2D eigenvalue weighted by Gasteiger charge is 2.33. The van der Waals surface area contributed by atoms with Crippen molar-refractivity contribution in [1.82, 2.24) is 0 Å².